The number of allylic oxidation sites excluding steroid dienone is 2. The van der Waals surface area contributed by atoms with Gasteiger partial charge in [-0.15, -0.1) is 11.3 Å². The maximum Gasteiger partial charge on any atom is 0.307 e. The number of thiazole rings is 1. The number of aliphatic carboxylic acids is 1. The third-order valence-electron chi connectivity index (χ3n) is 5.93. The first-order chi connectivity index (χ1) is 15.0. The predicted molar refractivity (Wildman–Crippen MR) is 120 cm³/mol. The second-order valence-electron chi connectivity index (χ2n) is 7.91. The predicted octanol–water partition coefficient (Wildman–Crippen LogP) is 5.19. The molecule has 4 atom stereocenters. The summed E-state index contributed by atoms with van der Waals surface area (Å²) in [7, 11) is 0. The number of amides is 1. The quantitative estimate of drug-likeness (QED) is 0.396. The molecule has 1 heterocycles. The minimum atomic E-state index is -0.908. The number of aromatic nitrogens is 1. The van der Waals surface area contributed by atoms with E-state index in [2.05, 4.69) is 10.3 Å². The van der Waals surface area contributed by atoms with E-state index in [4.69, 9.17) is 0 Å². The standard InChI is InChI=1S/C23H19FN2O3S2/c24-15-3-1-2-12(8-15)11-30-23-26-17-7-6-16(10-18(17)31-23)25-21(27)19-13-4-5-14(9-13)20(19)22(28)29/h1-8,10,13-14,19-20H,9,11H2,(H,25,27)(H,28,29)/t13-,14-,19-,20+/m0/s1. The van der Waals surface area contributed by atoms with Crippen LogP contribution in [0.1, 0.15) is 12.0 Å². The van der Waals surface area contributed by atoms with Crippen LogP contribution in [0.5, 0.6) is 0 Å². The van der Waals surface area contributed by atoms with Crippen LogP contribution in [-0.2, 0) is 15.3 Å². The van der Waals surface area contributed by atoms with Gasteiger partial charge in [-0.25, -0.2) is 9.37 Å². The summed E-state index contributed by atoms with van der Waals surface area (Å²) in [6.45, 7) is 0. The highest BCUT2D eigenvalue weighted by atomic mass is 32.2. The Labute approximate surface area is 186 Å². The van der Waals surface area contributed by atoms with Gasteiger partial charge < -0.3 is 10.4 Å². The number of nitrogens with one attached hydrogen (secondary N) is 1. The van der Waals surface area contributed by atoms with Crippen molar-refractivity contribution in [1.82, 2.24) is 4.98 Å². The molecule has 8 heteroatoms. The Balaban J connectivity index is 1.29. The molecule has 158 valence electrons. The largest absolute Gasteiger partial charge is 0.481 e. The molecular formula is C23H19FN2O3S2. The summed E-state index contributed by atoms with van der Waals surface area (Å²) in [5, 5.41) is 12.5. The van der Waals surface area contributed by atoms with Crippen LogP contribution in [0.25, 0.3) is 10.2 Å². The van der Waals surface area contributed by atoms with Gasteiger partial charge in [0.2, 0.25) is 5.91 Å². The topological polar surface area (TPSA) is 79.3 Å². The van der Waals surface area contributed by atoms with Crippen molar-refractivity contribution in [1.29, 1.82) is 0 Å². The zero-order chi connectivity index (χ0) is 21.5. The highest BCUT2D eigenvalue weighted by molar-refractivity contribution is 8.00. The number of carboxylic acids is 1. The van der Waals surface area contributed by atoms with Gasteiger partial charge in [0.05, 0.1) is 22.1 Å². The number of hydrogen-bond donors (Lipinski definition) is 2. The van der Waals surface area contributed by atoms with Gasteiger partial charge in [0.15, 0.2) is 4.34 Å². The van der Waals surface area contributed by atoms with Crippen LogP contribution < -0.4 is 5.32 Å². The number of carbonyl (C=O) groups is 2. The molecule has 0 saturated heterocycles. The zero-order valence-corrected chi connectivity index (χ0v) is 18.0. The number of hydrogen-bond acceptors (Lipinski definition) is 5. The number of thioether (sulfide) groups is 1. The molecule has 31 heavy (non-hydrogen) atoms. The van der Waals surface area contributed by atoms with Gasteiger partial charge in [0.25, 0.3) is 0 Å². The SMILES string of the molecule is O=C(Nc1ccc2nc(SCc3cccc(F)c3)sc2c1)[C@@H]1[C@H](C(=O)O)[C@H]2C=C[C@H]1C2. The van der Waals surface area contributed by atoms with Crippen LogP contribution in [0.4, 0.5) is 10.1 Å². The molecular weight excluding hydrogens is 435 g/mol. The van der Waals surface area contributed by atoms with Crippen LogP contribution in [0, 0.1) is 29.5 Å². The van der Waals surface area contributed by atoms with Crippen molar-refractivity contribution in [2.24, 2.45) is 23.7 Å². The minimum Gasteiger partial charge on any atom is -0.481 e. The molecule has 2 aliphatic carbocycles. The summed E-state index contributed by atoms with van der Waals surface area (Å²) in [6, 6.07) is 12.0. The molecule has 3 aromatic rings. The fourth-order valence-corrected chi connectivity index (χ4v) is 6.61. The van der Waals surface area contributed by atoms with Crippen molar-refractivity contribution in [3.63, 3.8) is 0 Å². The molecule has 5 rings (SSSR count). The molecule has 2 N–H and O–H groups in total. The number of carboxylic acid groups (broad SMARTS) is 1. The van der Waals surface area contributed by atoms with E-state index < -0.39 is 17.8 Å². The second kappa shape index (κ2) is 8.09. The van der Waals surface area contributed by atoms with E-state index in [9.17, 15) is 19.1 Å². The van der Waals surface area contributed by atoms with Gasteiger partial charge in [-0.1, -0.05) is 36.0 Å². The molecule has 1 fully saturated rings. The summed E-state index contributed by atoms with van der Waals surface area (Å²) in [6.07, 6.45) is 4.64. The van der Waals surface area contributed by atoms with E-state index in [0.717, 1.165) is 26.5 Å². The van der Waals surface area contributed by atoms with Crippen LogP contribution in [0.2, 0.25) is 0 Å². The number of fused-ring (bicyclic) bond motifs is 3. The number of nitrogens with zero attached hydrogens (tertiary/aromatic N) is 1. The lowest BCUT2D eigenvalue weighted by Gasteiger charge is -2.23. The fourth-order valence-electron chi connectivity index (χ4n) is 4.56. The van der Waals surface area contributed by atoms with Crippen molar-refractivity contribution in [3.05, 3.63) is 66.0 Å². The third kappa shape index (κ3) is 3.97. The lowest BCUT2D eigenvalue weighted by molar-refractivity contribution is -0.146. The average molecular weight is 455 g/mol. The first kappa shape index (κ1) is 20.2. The van der Waals surface area contributed by atoms with Crippen molar-refractivity contribution >= 4 is 50.9 Å². The lowest BCUT2D eigenvalue weighted by atomic mass is 9.82. The van der Waals surface area contributed by atoms with Crippen LogP contribution in [0.15, 0.2) is 59.0 Å². The van der Waals surface area contributed by atoms with Gasteiger partial charge in [-0.3, -0.25) is 9.59 Å². The molecule has 5 nitrogen and oxygen atoms in total. The maximum absolute atomic E-state index is 13.3. The van der Waals surface area contributed by atoms with Crippen molar-refractivity contribution < 1.29 is 19.1 Å². The Kier molecular flexibility index (Phi) is 5.27. The van der Waals surface area contributed by atoms with Crippen molar-refractivity contribution in [2.75, 3.05) is 5.32 Å². The zero-order valence-electron chi connectivity index (χ0n) is 16.3. The number of halogens is 1. The first-order valence-corrected chi connectivity index (χ1v) is 11.8. The normalized spacial score (nSPS) is 24.0. The van der Waals surface area contributed by atoms with Crippen molar-refractivity contribution in [3.8, 4) is 0 Å². The summed E-state index contributed by atoms with van der Waals surface area (Å²) < 4.78 is 15.1. The molecule has 2 aliphatic rings. The molecule has 2 bridgehead atoms. The number of carbonyl (C=O) groups excluding carboxylic acids is 1. The van der Waals surface area contributed by atoms with Gasteiger partial charge in [0.1, 0.15) is 5.82 Å². The molecule has 2 aromatic carbocycles. The van der Waals surface area contributed by atoms with E-state index in [1.54, 1.807) is 23.9 Å². The average Bonchev–Trinajstić information content (AvgIpc) is 3.45. The lowest BCUT2D eigenvalue weighted by Crippen LogP contribution is -2.36. The Hall–Kier alpha value is -2.71. The minimum absolute atomic E-state index is 0.0101. The Morgan fingerprint density at radius 2 is 1.97 bits per heavy atom. The monoisotopic (exact) mass is 454 g/mol. The van der Waals surface area contributed by atoms with Crippen molar-refractivity contribution in [2.45, 2.75) is 16.5 Å². The fraction of sp³-hybridized carbons (Fsp3) is 0.261. The Bertz CT molecular complexity index is 1210. The molecule has 0 aliphatic heterocycles. The van der Waals surface area contributed by atoms with Crippen LogP contribution in [0.3, 0.4) is 0 Å². The van der Waals surface area contributed by atoms with Gasteiger partial charge in [-0.05, 0) is 54.2 Å². The summed E-state index contributed by atoms with van der Waals surface area (Å²) in [5.41, 5.74) is 2.36. The number of rotatable bonds is 6. The number of benzene rings is 2. The van der Waals surface area contributed by atoms with Crippen LogP contribution in [-0.4, -0.2) is 22.0 Å². The van der Waals surface area contributed by atoms with Gasteiger partial charge in [0, 0.05) is 11.4 Å². The third-order valence-corrected chi connectivity index (χ3v) is 8.17. The highest BCUT2D eigenvalue weighted by Gasteiger charge is 2.51. The molecule has 1 amide bonds. The highest BCUT2D eigenvalue weighted by Crippen LogP contribution is 2.48. The Morgan fingerprint density at radius 1 is 1.16 bits per heavy atom. The molecule has 0 spiro atoms. The van der Waals surface area contributed by atoms with Crippen LogP contribution >= 0.6 is 23.1 Å². The first-order valence-electron chi connectivity index (χ1n) is 9.98. The van der Waals surface area contributed by atoms with Gasteiger partial charge >= 0.3 is 5.97 Å². The molecule has 1 aromatic heterocycles. The summed E-state index contributed by atoms with van der Waals surface area (Å²) in [4.78, 5) is 29.2. The molecule has 1 saturated carbocycles. The van der Waals surface area contributed by atoms with Gasteiger partial charge in [-0.2, -0.15) is 0 Å². The van der Waals surface area contributed by atoms with E-state index in [-0.39, 0.29) is 23.6 Å². The second-order valence-corrected chi connectivity index (χ2v) is 10.2. The van der Waals surface area contributed by atoms with E-state index in [1.807, 2.05) is 30.4 Å². The maximum atomic E-state index is 13.3. The van der Waals surface area contributed by atoms with E-state index in [0.29, 0.717) is 11.4 Å². The van der Waals surface area contributed by atoms with E-state index >= 15 is 0 Å². The molecule has 0 unspecified atom stereocenters. The molecule has 0 radical (unpaired) electrons. The smallest absolute Gasteiger partial charge is 0.307 e. The summed E-state index contributed by atoms with van der Waals surface area (Å²) >= 11 is 3.05. The Morgan fingerprint density at radius 3 is 2.74 bits per heavy atom. The summed E-state index contributed by atoms with van der Waals surface area (Å²) in [5.74, 6) is -2.04. The number of anilines is 1. The van der Waals surface area contributed by atoms with E-state index in [1.165, 1.54) is 23.5 Å².